The molecule has 1 amide bonds. The van der Waals surface area contributed by atoms with E-state index in [1.54, 1.807) is 54.6 Å². The standard InChI is InChI=1S/C22H26N2O3S/c25-22(23-14-18-11-12-24(15-18)20-9-10-20)19-6-4-5-17(13-19)16-28(26,27)21-7-2-1-3-8-21/h1-8,13,18,20H,9-12,14-16H2,(H,23,25). The summed E-state index contributed by atoms with van der Waals surface area (Å²) >= 11 is 0. The minimum atomic E-state index is -3.43. The summed E-state index contributed by atoms with van der Waals surface area (Å²) in [4.78, 5) is 15.4. The molecule has 1 aliphatic carbocycles. The maximum Gasteiger partial charge on any atom is 0.251 e. The highest BCUT2D eigenvalue weighted by Crippen LogP contribution is 2.31. The highest BCUT2D eigenvalue weighted by molar-refractivity contribution is 7.90. The summed E-state index contributed by atoms with van der Waals surface area (Å²) in [6.07, 6.45) is 3.77. The number of hydrogen-bond acceptors (Lipinski definition) is 4. The van der Waals surface area contributed by atoms with Gasteiger partial charge in [-0.2, -0.15) is 0 Å². The molecule has 2 aromatic rings. The van der Waals surface area contributed by atoms with E-state index in [2.05, 4.69) is 10.2 Å². The van der Waals surface area contributed by atoms with Crippen LogP contribution in [0.4, 0.5) is 0 Å². The van der Waals surface area contributed by atoms with Crippen molar-refractivity contribution in [1.29, 1.82) is 0 Å². The zero-order chi connectivity index (χ0) is 19.6. The van der Waals surface area contributed by atoms with Crippen LogP contribution in [0.2, 0.25) is 0 Å². The average molecular weight is 399 g/mol. The number of likely N-dealkylation sites (tertiary alicyclic amines) is 1. The van der Waals surface area contributed by atoms with Gasteiger partial charge in [0.05, 0.1) is 10.6 Å². The molecule has 0 radical (unpaired) electrons. The van der Waals surface area contributed by atoms with E-state index in [-0.39, 0.29) is 11.7 Å². The van der Waals surface area contributed by atoms with Crippen LogP contribution in [0, 0.1) is 5.92 Å². The number of carbonyl (C=O) groups is 1. The summed E-state index contributed by atoms with van der Waals surface area (Å²) in [5, 5.41) is 3.03. The quantitative estimate of drug-likeness (QED) is 0.779. The van der Waals surface area contributed by atoms with Gasteiger partial charge in [-0.1, -0.05) is 30.3 Å². The van der Waals surface area contributed by atoms with Crippen molar-refractivity contribution in [1.82, 2.24) is 10.2 Å². The largest absolute Gasteiger partial charge is 0.352 e. The van der Waals surface area contributed by atoms with Crippen LogP contribution < -0.4 is 5.32 Å². The molecule has 1 unspecified atom stereocenters. The fourth-order valence-corrected chi connectivity index (χ4v) is 5.23. The Labute approximate surface area is 166 Å². The lowest BCUT2D eigenvalue weighted by atomic mass is 10.1. The Morgan fingerprint density at radius 1 is 1.04 bits per heavy atom. The van der Waals surface area contributed by atoms with E-state index in [9.17, 15) is 13.2 Å². The first-order valence-electron chi connectivity index (χ1n) is 9.90. The molecule has 2 aliphatic rings. The molecule has 6 heteroatoms. The van der Waals surface area contributed by atoms with Gasteiger partial charge in [-0.05, 0) is 61.6 Å². The number of sulfone groups is 1. The van der Waals surface area contributed by atoms with Gasteiger partial charge in [-0.25, -0.2) is 8.42 Å². The number of nitrogens with one attached hydrogen (secondary N) is 1. The molecule has 1 heterocycles. The van der Waals surface area contributed by atoms with E-state index < -0.39 is 9.84 Å². The lowest BCUT2D eigenvalue weighted by Crippen LogP contribution is -2.31. The molecule has 2 fully saturated rings. The lowest BCUT2D eigenvalue weighted by molar-refractivity contribution is 0.0947. The Kier molecular flexibility index (Phi) is 5.51. The first kappa shape index (κ1) is 19.2. The smallest absolute Gasteiger partial charge is 0.251 e. The zero-order valence-electron chi connectivity index (χ0n) is 15.9. The van der Waals surface area contributed by atoms with E-state index >= 15 is 0 Å². The van der Waals surface area contributed by atoms with Crippen LogP contribution in [0.3, 0.4) is 0 Å². The third kappa shape index (κ3) is 4.62. The molecule has 0 spiro atoms. The van der Waals surface area contributed by atoms with Crippen molar-refractivity contribution >= 4 is 15.7 Å². The minimum Gasteiger partial charge on any atom is -0.352 e. The molecule has 1 N–H and O–H groups in total. The second kappa shape index (κ2) is 8.05. The molecule has 0 aromatic heterocycles. The van der Waals surface area contributed by atoms with Gasteiger partial charge in [0.15, 0.2) is 9.84 Å². The Bertz CT molecular complexity index is 939. The SMILES string of the molecule is O=C(NCC1CCN(C2CC2)C1)c1cccc(CS(=O)(=O)c2ccccc2)c1. The molecule has 4 rings (SSSR count). The lowest BCUT2D eigenvalue weighted by Gasteiger charge is -2.15. The summed E-state index contributed by atoms with van der Waals surface area (Å²) in [5.41, 5.74) is 1.13. The number of benzene rings is 2. The van der Waals surface area contributed by atoms with Gasteiger partial charge < -0.3 is 10.2 Å². The van der Waals surface area contributed by atoms with E-state index in [4.69, 9.17) is 0 Å². The molecule has 0 bridgehead atoms. The van der Waals surface area contributed by atoms with Crippen LogP contribution in [0.15, 0.2) is 59.5 Å². The van der Waals surface area contributed by atoms with Crippen molar-refractivity contribution in [2.45, 2.75) is 36.0 Å². The zero-order valence-corrected chi connectivity index (χ0v) is 16.7. The molecule has 5 nitrogen and oxygen atoms in total. The highest BCUT2D eigenvalue weighted by atomic mass is 32.2. The second-order valence-electron chi connectivity index (χ2n) is 7.86. The molecule has 1 atom stereocenters. The van der Waals surface area contributed by atoms with E-state index in [0.717, 1.165) is 25.6 Å². The summed E-state index contributed by atoms with van der Waals surface area (Å²) in [6, 6.07) is 16.1. The average Bonchev–Trinajstić information content (AvgIpc) is 3.45. The maximum atomic E-state index is 12.6. The predicted octanol–water partition coefficient (Wildman–Crippen LogP) is 2.87. The van der Waals surface area contributed by atoms with Crippen molar-refractivity contribution in [3.05, 3.63) is 65.7 Å². The Morgan fingerprint density at radius 3 is 2.57 bits per heavy atom. The second-order valence-corrected chi connectivity index (χ2v) is 9.85. The molecule has 1 saturated carbocycles. The predicted molar refractivity (Wildman–Crippen MR) is 109 cm³/mol. The molecule has 1 aliphatic heterocycles. The molecule has 1 saturated heterocycles. The minimum absolute atomic E-state index is 0.114. The highest BCUT2D eigenvalue weighted by Gasteiger charge is 2.34. The fourth-order valence-electron chi connectivity index (χ4n) is 3.87. The molecule has 2 aromatic carbocycles. The monoisotopic (exact) mass is 398 g/mol. The number of rotatable bonds is 7. The fraction of sp³-hybridized carbons (Fsp3) is 0.409. The molecular weight excluding hydrogens is 372 g/mol. The Morgan fingerprint density at radius 2 is 1.82 bits per heavy atom. The Hall–Kier alpha value is -2.18. The molecule has 148 valence electrons. The third-order valence-electron chi connectivity index (χ3n) is 5.58. The number of amides is 1. The van der Waals surface area contributed by atoms with Gasteiger partial charge in [-0.3, -0.25) is 4.79 Å². The third-order valence-corrected chi connectivity index (χ3v) is 7.28. The van der Waals surface area contributed by atoms with Gasteiger partial charge in [0.1, 0.15) is 0 Å². The van der Waals surface area contributed by atoms with Crippen molar-refractivity contribution in [2.75, 3.05) is 19.6 Å². The number of carbonyl (C=O) groups excluding carboxylic acids is 1. The van der Waals surface area contributed by atoms with Crippen molar-refractivity contribution in [3.63, 3.8) is 0 Å². The normalized spacial score (nSPS) is 20.2. The summed E-state index contributed by atoms with van der Waals surface area (Å²) < 4.78 is 25.1. The number of hydrogen-bond donors (Lipinski definition) is 1. The Balaban J connectivity index is 1.36. The summed E-state index contributed by atoms with van der Waals surface area (Å²) in [6.45, 7) is 2.88. The van der Waals surface area contributed by atoms with Gasteiger partial charge in [0.2, 0.25) is 0 Å². The van der Waals surface area contributed by atoms with E-state index in [1.807, 2.05) is 0 Å². The molecule has 28 heavy (non-hydrogen) atoms. The van der Waals surface area contributed by atoms with E-state index in [0.29, 0.717) is 28.5 Å². The van der Waals surface area contributed by atoms with Crippen molar-refractivity contribution in [3.8, 4) is 0 Å². The van der Waals surface area contributed by atoms with Crippen LogP contribution in [-0.2, 0) is 15.6 Å². The topological polar surface area (TPSA) is 66.5 Å². The van der Waals surface area contributed by atoms with Crippen molar-refractivity contribution < 1.29 is 13.2 Å². The van der Waals surface area contributed by atoms with Crippen LogP contribution >= 0.6 is 0 Å². The maximum absolute atomic E-state index is 12.6. The van der Waals surface area contributed by atoms with E-state index in [1.165, 1.54) is 12.8 Å². The summed E-state index contributed by atoms with van der Waals surface area (Å²) in [7, 11) is -3.43. The first-order chi connectivity index (χ1) is 13.5. The van der Waals surface area contributed by atoms with Crippen LogP contribution in [0.1, 0.15) is 35.2 Å². The van der Waals surface area contributed by atoms with Crippen LogP contribution in [0.25, 0.3) is 0 Å². The van der Waals surface area contributed by atoms with Crippen molar-refractivity contribution in [2.24, 2.45) is 5.92 Å². The van der Waals surface area contributed by atoms with Gasteiger partial charge >= 0.3 is 0 Å². The van der Waals surface area contributed by atoms with Gasteiger partial charge in [0.25, 0.3) is 5.91 Å². The molecular formula is C22H26N2O3S. The number of nitrogens with zero attached hydrogens (tertiary/aromatic N) is 1. The summed E-state index contributed by atoms with van der Waals surface area (Å²) in [5.74, 6) is 0.256. The van der Waals surface area contributed by atoms with Gasteiger partial charge in [0, 0.05) is 24.7 Å². The van der Waals surface area contributed by atoms with Crippen LogP contribution in [-0.4, -0.2) is 44.9 Å². The first-order valence-corrected chi connectivity index (χ1v) is 11.6. The van der Waals surface area contributed by atoms with Gasteiger partial charge in [-0.15, -0.1) is 0 Å². The van der Waals surface area contributed by atoms with Crippen LogP contribution in [0.5, 0.6) is 0 Å².